The number of ether oxygens (including phenoxy) is 3. The van der Waals surface area contributed by atoms with Crippen LogP contribution in [0.15, 0.2) is 34.8 Å². The number of unbranched alkanes of at least 4 members (excludes halogenated alkanes) is 1. The third-order valence-corrected chi connectivity index (χ3v) is 5.69. The van der Waals surface area contributed by atoms with Gasteiger partial charge in [-0.1, -0.05) is 58.5 Å². The van der Waals surface area contributed by atoms with Crippen molar-refractivity contribution < 1.29 is 14.2 Å². The first kappa shape index (κ1) is 24.3. The van der Waals surface area contributed by atoms with Gasteiger partial charge in [-0.2, -0.15) is 0 Å². The minimum absolute atomic E-state index is 0.321. The molecular formula is C22H28BrCl2NO3. The van der Waals surface area contributed by atoms with Gasteiger partial charge in [-0.25, -0.2) is 0 Å². The van der Waals surface area contributed by atoms with Gasteiger partial charge in [-0.15, -0.1) is 0 Å². The minimum atomic E-state index is 0.321. The predicted molar refractivity (Wildman–Crippen MR) is 124 cm³/mol. The normalized spacial score (nSPS) is 10.9. The zero-order valence-corrected chi connectivity index (χ0v) is 20.0. The Morgan fingerprint density at radius 2 is 1.86 bits per heavy atom. The van der Waals surface area contributed by atoms with Gasteiger partial charge in [0.05, 0.1) is 7.11 Å². The standard InChI is InChI=1S/C22H28BrCl2NO3/c1-3-4-11-28-12-5-10-26-14-18-19(23)8-9-21(27-2)22(18)29-15-16-6-7-17(24)13-20(16)25/h6-9,13,26H,3-5,10-12,14-15H2,1-2H3. The Morgan fingerprint density at radius 1 is 1.07 bits per heavy atom. The number of methoxy groups -OCH3 is 1. The van der Waals surface area contributed by atoms with Crippen molar-refractivity contribution >= 4 is 39.1 Å². The van der Waals surface area contributed by atoms with Crippen molar-refractivity contribution in [3.63, 3.8) is 0 Å². The summed E-state index contributed by atoms with van der Waals surface area (Å²) in [5, 5.41) is 4.63. The number of halogens is 3. The van der Waals surface area contributed by atoms with Crippen LogP contribution in [0.5, 0.6) is 11.5 Å². The second kappa shape index (κ2) is 13.3. The molecule has 0 aliphatic carbocycles. The second-order valence-corrected chi connectivity index (χ2v) is 8.28. The van der Waals surface area contributed by atoms with Crippen LogP contribution in [-0.4, -0.2) is 26.9 Å². The van der Waals surface area contributed by atoms with Gasteiger partial charge in [0.1, 0.15) is 6.61 Å². The maximum atomic E-state index is 6.28. The number of benzene rings is 2. The van der Waals surface area contributed by atoms with E-state index in [1.54, 1.807) is 19.2 Å². The maximum Gasteiger partial charge on any atom is 0.167 e. The molecule has 0 saturated carbocycles. The van der Waals surface area contributed by atoms with Crippen LogP contribution in [0.1, 0.15) is 37.3 Å². The van der Waals surface area contributed by atoms with Gasteiger partial charge in [0.25, 0.3) is 0 Å². The van der Waals surface area contributed by atoms with Gasteiger partial charge in [0, 0.05) is 45.4 Å². The molecule has 0 saturated heterocycles. The van der Waals surface area contributed by atoms with E-state index in [4.69, 9.17) is 37.4 Å². The van der Waals surface area contributed by atoms with Crippen molar-refractivity contribution in [3.8, 4) is 11.5 Å². The molecule has 0 aliphatic heterocycles. The summed E-state index contributed by atoms with van der Waals surface area (Å²) in [5.74, 6) is 1.37. The van der Waals surface area contributed by atoms with Crippen molar-refractivity contribution in [2.24, 2.45) is 0 Å². The van der Waals surface area contributed by atoms with Gasteiger partial charge in [0.15, 0.2) is 11.5 Å². The average Bonchev–Trinajstić information content (AvgIpc) is 2.70. The molecule has 0 aliphatic rings. The van der Waals surface area contributed by atoms with E-state index in [9.17, 15) is 0 Å². The lowest BCUT2D eigenvalue weighted by molar-refractivity contribution is 0.128. The lowest BCUT2D eigenvalue weighted by Crippen LogP contribution is -2.18. The Hall–Kier alpha value is -0.980. The van der Waals surface area contributed by atoms with E-state index >= 15 is 0 Å². The smallest absolute Gasteiger partial charge is 0.167 e. The summed E-state index contributed by atoms with van der Waals surface area (Å²) in [6.45, 7) is 5.60. The molecule has 2 aromatic rings. The van der Waals surface area contributed by atoms with Crippen LogP contribution in [0.2, 0.25) is 10.0 Å². The first-order valence-electron chi connectivity index (χ1n) is 9.77. The molecule has 2 rings (SSSR count). The number of rotatable bonds is 13. The summed E-state index contributed by atoms with van der Waals surface area (Å²) in [5.41, 5.74) is 1.86. The number of nitrogens with one attached hydrogen (secondary N) is 1. The lowest BCUT2D eigenvalue weighted by Gasteiger charge is -2.17. The highest BCUT2D eigenvalue weighted by Gasteiger charge is 2.15. The van der Waals surface area contributed by atoms with Crippen LogP contribution in [0.25, 0.3) is 0 Å². The van der Waals surface area contributed by atoms with Crippen LogP contribution < -0.4 is 14.8 Å². The van der Waals surface area contributed by atoms with E-state index in [-0.39, 0.29) is 0 Å². The number of hydrogen-bond donors (Lipinski definition) is 1. The molecule has 2 aromatic carbocycles. The Kier molecular flexibility index (Phi) is 11.2. The molecule has 7 heteroatoms. The Balaban J connectivity index is 1.98. The van der Waals surface area contributed by atoms with E-state index in [1.807, 2.05) is 18.2 Å². The molecule has 0 aromatic heterocycles. The summed E-state index contributed by atoms with van der Waals surface area (Å²) in [7, 11) is 1.64. The number of hydrogen-bond acceptors (Lipinski definition) is 4. The molecule has 4 nitrogen and oxygen atoms in total. The summed E-state index contributed by atoms with van der Waals surface area (Å²) in [6, 6.07) is 9.23. The van der Waals surface area contributed by atoms with Crippen molar-refractivity contribution in [3.05, 3.63) is 56.0 Å². The quantitative estimate of drug-likeness (QED) is 0.310. The SMILES string of the molecule is CCCCOCCCNCc1c(Br)ccc(OC)c1OCc1ccc(Cl)cc1Cl. The van der Waals surface area contributed by atoms with Crippen LogP contribution in [0, 0.1) is 0 Å². The predicted octanol–water partition coefficient (Wildman–Crippen LogP) is 6.64. The molecule has 0 unspecified atom stereocenters. The Bertz CT molecular complexity index is 774. The molecule has 0 spiro atoms. The van der Waals surface area contributed by atoms with Crippen molar-refractivity contribution in [2.75, 3.05) is 26.9 Å². The van der Waals surface area contributed by atoms with Gasteiger partial charge in [-0.3, -0.25) is 0 Å². The highest BCUT2D eigenvalue weighted by atomic mass is 79.9. The Morgan fingerprint density at radius 3 is 2.59 bits per heavy atom. The van der Waals surface area contributed by atoms with Gasteiger partial charge < -0.3 is 19.5 Å². The fourth-order valence-corrected chi connectivity index (χ4v) is 3.63. The van der Waals surface area contributed by atoms with Crippen LogP contribution in [-0.2, 0) is 17.9 Å². The van der Waals surface area contributed by atoms with E-state index in [0.717, 1.165) is 54.6 Å². The van der Waals surface area contributed by atoms with Crippen molar-refractivity contribution in [1.29, 1.82) is 0 Å². The van der Waals surface area contributed by atoms with E-state index in [2.05, 4.69) is 28.2 Å². The van der Waals surface area contributed by atoms with Crippen LogP contribution in [0.4, 0.5) is 0 Å². The molecule has 0 bridgehead atoms. The van der Waals surface area contributed by atoms with E-state index in [0.29, 0.717) is 34.7 Å². The topological polar surface area (TPSA) is 39.7 Å². The molecule has 29 heavy (non-hydrogen) atoms. The van der Waals surface area contributed by atoms with Crippen LogP contribution in [0.3, 0.4) is 0 Å². The molecule has 0 amide bonds. The van der Waals surface area contributed by atoms with E-state index < -0.39 is 0 Å². The zero-order valence-electron chi connectivity index (χ0n) is 16.9. The Labute approximate surface area is 192 Å². The van der Waals surface area contributed by atoms with E-state index in [1.165, 1.54) is 0 Å². The monoisotopic (exact) mass is 503 g/mol. The molecule has 0 atom stereocenters. The van der Waals surface area contributed by atoms with Gasteiger partial charge >= 0.3 is 0 Å². The van der Waals surface area contributed by atoms with Crippen LogP contribution >= 0.6 is 39.1 Å². The van der Waals surface area contributed by atoms with Gasteiger partial charge in [0.2, 0.25) is 0 Å². The summed E-state index contributed by atoms with van der Waals surface area (Å²) >= 11 is 15.9. The fraction of sp³-hybridized carbons (Fsp3) is 0.455. The van der Waals surface area contributed by atoms with Crippen molar-refractivity contribution in [1.82, 2.24) is 5.32 Å². The second-order valence-electron chi connectivity index (χ2n) is 6.58. The largest absolute Gasteiger partial charge is 0.493 e. The third kappa shape index (κ3) is 7.99. The summed E-state index contributed by atoms with van der Waals surface area (Å²) in [6.07, 6.45) is 3.23. The lowest BCUT2D eigenvalue weighted by atomic mass is 10.1. The average molecular weight is 505 g/mol. The zero-order chi connectivity index (χ0) is 21.1. The van der Waals surface area contributed by atoms with Crippen molar-refractivity contribution in [2.45, 2.75) is 39.3 Å². The molecule has 0 fully saturated rings. The minimum Gasteiger partial charge on any atom is -0.493 e. The summed E-state index contributed by atoms with van der Waals surface area (Å²) in [4.78, 5) is 0. The third-order valence-electron chi connectivity index (χ3n) is 4.36. The molecule has 1 N–H and O–H groups in total. The fourth-order valence-electron chi connectivity index (χ4n) is 2.72. The molecule has 0 radical (unpaired) electrons. The first-order chi connectivity index (χ1) is 14.1. The molecule has 0 heterocycles. The summed E-state index contributed by atoms with van der Waals surface area (Å²) < 4.78 is 18.2. The maximum absolute atomic E-state index is 6.28. The molecular weight excluding hydrogens is 477 g/mol. The highest BCUT2D eigenvalue weighted by molar-refractivity contribution is 9.10. The van der Waals surface area contributed by atoms with Gasteiger partial charge in [-0.05, 0) is 43.7 Å². The first-order valence-corrected chi connectivity index (χ1v) is 11.3. The molecule has 160 valence electrons. The highest BCUT2D eigenvalue weighted by Crippen LogP contribution is 2.37.